The van der Waals surface area contributed by atoms with Crippen LogP contribution in [0.15, 0.2) is 53.4 Å². The van der Waals surface area contributed by atoms with E-state index in [1.54, 1.807) is 46.8 Å². The van der Waals surface area contributed by atoms with Crippen molar-refractivity contribution in [3.05, 3.63) is 65.0 Å². The number of nitrogens with one attached hydrogen (secondary N) is 1. The van der Waals surface area contributed by atoms with Crippen LogP contribution in [0.3, 0.4) is 0 Å². The maximum atomic E-state index is 14.3. The van der Waals surface area contributed by atoms with Gasteiger partial charge in [-0.2, -0.15) is 0 Å². The molecule has 3 aliphatic rings. The number of aliphatic hydroxyl groups is 2. The van der Waals surface area contributed by atoms with E-state index in [9.17, 15) is 39.9 Å². The standard InChI is InChI=1S/C42H54N2O13/c1-19(2)18-55-43-17-27-32-37(50)30-29(36(27)49)31-39(25(8)35(30)48)57-42(10,40(31)51)54-16-15-28(53-11)22(5)38(56-26(9)45)24(7)34(47)23(6)33(46)20(3)13-12-14-21(4)41(52)44-32/h12-17,20,22-24,28,33-34,38,46-50H,1,18H2,2-11H3,(H,44,52)/b13-12+,16-15+,21-14-,43-17+/t20-,22+,23+,24+,28-,33-,34+,38+,42-/m0/s1. The van der Waals surface area contributed by atoms with Crippen LogP contribution in [0.25, 0.3) is 10.8 Å². The molecule has 3 heterocycles. The molecule has 3 aliphatic heterocycles. The molecule has 2 aromatic carbocycles. The fourth-order valence-electron chi connectivity index (χ4n) is 7.11. The van der Waals surface area contributed by atoms with Gasteiger partial charge in [0, 0.05) is 61.2 Å². The monoisotopic (exact) mass is 794 g/mol. The minimum absolute atomic E-state index is 0.00855. The van der Waals surface area contributed by atoms with Crippen molar-refractivity contribution in [3.8, 4) is 23.0 Å². The summed E-state index contributed by atoms with van der Waals surface area (Å²) in [5.74, 6) is -8.73. The Morgan fingerprint density at radius 1 is 0.982 bits per heavy atom. The van der Waals surface area contributed by atoms with Crippen molar-refractivity contribution in [1.82, 2.24) is 0 Å². The van der Waals surface area contributed by atoms with Crippen LogP contribution in [0.5, 0.6) is 23.0 Å². The fraction of sp³-hybridized carbons (Fsp3) is 0.476. The maximum Gasteiger partial charge on any atom is 0.312 e. The Balaban J connectivity index is 1.97. The number of oxime groups is 1. The quantitative estimate of drug-likeness (QED) is 0.0518. The number of ether oxygens (including phenoxy) is 4. The van der Waals surface area contributed by atoms with Crippen molar-refractivity contribution >= 4 is 40.3 Å². The van der Waals surface area contributed by atoms with Gasteiger partial charge in [0.15, 0.2) is 5.75 Å². The molecule has 9 atom stereocenters. The number of allylic oxidation sites excluding steroid dienone is 2. The van der Waals surface area contributed by atoms with Gasteiger partial charge in [0.05, 0.1) is 53.0 Å². The normalized spacial score (nSPS) is 30.6. The third kappa shape index (κ3) is 8.95. The molecule has 0 aliphatic carbocycles. The molecule has 0 saturated heterocycles. The third-order valence-electron chi connectivity index (χ3n) is 10.6. The minimum atomic E-state index is -2.07. The van der Waals surface area contributed by atoms with E-state index in [4.69, 9.17) is 23.8 Å². The van der Waals surface area contributed by atoms with Gasteiger partial charge in [-0.25, -0.2) is 0 Å². The largest absolute Gasteiger partial charge is 0.507 e. The lowest BCUT2D eigenvalue weighted by atomic mass is 9.78. The summed E-state index contributed by atoms with van der Waals surface area (Å²) in [7, 11) is 1.42. The number of hydrogen-bond donors (Lipinski definition) is 6. The number of ketones is 1. The van der Waals surface area contributed by atoms with Gasteiger partial charge in [-0.1, -0.05) is 57.7 Å². The summed E-state index contributed by atoms with van der Waals surface area (Å²) >= 11 is 0. The highest BCUT2D eigenvalue weighted by molar-refractivity contribution is 6.23. The molecule has 5 rings (SSSR count). The highest BCUT2D eigenvalue weighted by atomic mass is 16.7. The van der Waals surface area contributed by atoms with E-state index in [0.29, 0.717) is 5.57 Å². The van der Waals surface area contributed by atoms with Crippen molar-refractivity contribution in [3.63, 3.8) is 0 Å². The predicted octanol–water partition coefficient (Wildman–Crippen LogP) is 5.68. The molecule has 6 N–H and O–H groups in total. The zero-order chi connectivity index (χ0) is 42.7. The Morgan fingerprint density at radius 3 is 2.26 bits per heavy atom. The molecule has 57 heavy (non-hydrogen) atoms. The number of phenols is 3. The van der Waals surface area contributed by atoms with Crippen LogP contribution in [0, 0.1) is 30.6 Å². The van der Waals surface area contributed by atoms with E-state index in [1.807, 2.05) is 0 Å². The van der Waals surface area contributed by atoms with Gasteiger partial charge in [0.1, 0.15) is 30.0 Å². The van der Waals surface area contributed by atoms with Crippen molar-refractivity contribution in [2.45, 2.75) is 92.5 Å². The van der Waals surface area contributed by atoms with Gasteiger partial charge in [0.25, 0.3) is 11.7 Å². The molecule has 0 spiro atoms. The average molecular weight is 795 g/mol. The number of esters is 1. The van der Waals surface area contributed by atoms with E-state index in [2.05, 4.69) is 17.1 Å². The molecule has 310 valence electrons. The molecule has 5 bridgehead atoms. The zero-order valence-corrected chi connectivity index (χ0v) is 33.9. The first-order valence-electron chi connectivity index (χ1n) is 18.6. The maximum absolute atomic E-state index is 14.3. The summed E-state index contributed by atoms with van der Waals surface area (Å²) in [5.41, 5.74) is -0.0568. The van der Waals surface area contributed by atoms with Crippen LogP contribution >= 0.6 is 0 Å². The number of carbonyl (C=O) groups excluding carboxylic acids is 3. The lowest BCUT2D eigenvalue weighted by Crippen LogP contribution is -2.46. The van der Waals surface area contributed by atoms with E-state index < -0.39 is 88.8 Å². The lowest BCUT2D eigenvalue weighted by molar-refractivity contribution is -0.160. The van der Waals surface area contributed by atoms with Crippen LogP contribution < -0.4 is 10.1 Å². The summed E-state index contributed by atoms with van der Waals surface area (Å²) in [6.45, 7) is 17.8. The molecule has 0 radical (unpaired) electrons. The number of amides is 1. The van der Waals surface area contributed by atoms with Gasteiger partial charge >= 0.3 is 11.8 Å². The van der Waals surface area contributed by atoms with Gasteiger partial charge < -0.3 is 54.6 Å². The molecule has 0 saturated carbocycles. The number of fused-ring (bicyclic) bond motifs is 14. The first kappa shape index (κ1) is 44.3. The third-order valence-corrected chi connectivity index (χ3v) is 10.6. The summed E-state index contributed by atoms with van der Waals surface area (Å²) in [5, 5.41) is 63.6. The molecule has 1 amide bonds. The molecule has 15 heteroatoms. The Labute approximate surface area is 331 Å². The zero-order valence-electron chi connectivity index (χ0n) is 33.9. The van der Waals surface area contributed by atoms with E-state index in [0.717, 1.165) is 6.21 Å². The lowest BCUT2D eigenvalue weighted by Gasteiger charge is -2.38. The number of anilines is 1. The van der Waals surface area contributed by atoms with Crippen molar-refractivity contribution in [1.29, 1.82) is 0 Å². The molecular formula is C42H54N2O13. The summed E-state index contributed by atoms with van der Waals surface area (Å²) in [6.07, 6.45) is 4.43. The Morgan fingerprint density at radius 2 is 1.65 bits per heavy atom. The van der Waals surface area contributed by atoms with Crippen LogP contribution in [0.2, 0.25) is 0 Å². The molecule has 0 fully saturated rings. The number of benzene rings is 2. The number of rotatable bonds is 6. The topological polar surface area (TPSA) is 223 Å². The summed E-state index contributed by atoms with van der Waals surface area (Å²) in [4.78, 5) is 45.4. The fourth-order valence-corrected chi connectivity index (χ4v) is 7.11. The highest BCUT2D eigenvalue weighted by Gasteiger charge is 2.50. The summed E-state index contributed by atoms with van der Waals surface area (Å²) < 4.78 is 23.4. The highest BCUT2D eigenvalue weighted by Crippen LogP contribution is 2.55. The van der Waals surface area contributed by atoms with Crippen molar-refractivity contribution in [2.75, 3.05) is 19.0 Å². The Bertz CT molecular complexity index is 2040. The number of nitrogens with zero attached hydrogens (tertiary/aromatic N) is 1. The number of aliphatic hydroxyl groups excluding tert-OH is 2. The van der Waals surface area contributed by atoms with Crippen LogP contribution in [0.1, 0.15) is 76.9 Å². The number of Topliss-reactive ketones (excluding diaryl/α,β-unsaturated/α-hetero) is 1. The smallest absolute Gasteiger partial charge is 0.312 e. The van der Waals surface area contributed by atoms with E-state index in [1.165, 1.54) is 53.2 Å². The second kappa shape index (κ2) is 17.8. The first-order chi connectivity index (χ1) is 26.7. The Hall–Kier alpha value is -5.38. The van der Waals surface area contributed by atoms with Crippen LogP contribution in [0.4, 0.5) is 5.69 Å². The van der Waals surface area contributed by atoms with E-state index in [-0.39, 0.29) is 51.1 Å². The first-order valence-corrected chi connectivity index (χ1v) is 18.6. The molecule has 0 unspecified atom stereocenters. The number of methoxy groups -OCH3 is 1. The van der Waals surface area contributed by atoms with Gasteiger partial charge in [-0.05, 0) is 32.4 Å². The minimum Gasteiger partial charge on any atom is -0.507 e. The number of carbonyl (C=O) groups is 3. The van der Waals surface area contributed by atoms with Crippen LogP contribution in [-0.2, 0) is 28.6 Å². The van der Waals surface area contributed by atoms with Crippen LogP contribution in [-0.4, -0.2) is 93.3 Å². The average Bonchev–Trinajstić information content (AvgIpc) is 3.42. The predicted molar refractivity (Wildman–Crippen MR) is 212 cm³/mol. The number of hydrogen-bond acceptors (Lipinski definition) is 14. The van der Waals surface area contributed by atoms with Crippen molar-refractivity contribution < 1.29 is 63.7 Å². The number of phenolic OH excluding ortho intramolecular Hbond substituents is 3. The summed E-state index contributed by atoms with van der Waals surface area (Å²) in [6, 6.07) is 0. The second-order valence-corrected chi connectivity index (χ2v) is 15.1. The van der Waals surface area contributed by atoms with Gasteiger partial charge in [-0.3, -0.25) is 14.4 Å². The molecule has 2 aromatic rings. The van der Waals surface area contributed by atoms with Gasteiger partial charge in [-0.15, -0.1) is 0 Å². The Kier molecular flexibility index (Phi) is 13.9. The SMILES string of the molecule is C=C(C)CO/N=C/c1c2c(O)c3c(O)c(C)c4c(c3c1O)C(=O)[C@@](C)(O/C=C/[C@H](OC)[C@@H](C)[C@@H](OC(C)=O)[C@H](C)[C@H](O)[C@H](C)[C@@H](O)[C@@H](C)/C=C/C=C(/C)C(=O)N2)O4. The second-order valence-electron chi connectivity index (χ2n) is 15.1. The number of aromatic hydroxyl groups is 3. The molecule has 15 nitrogen and oxygen atoms in total. The molecule has 0 aromatic heterocycles. The van der Waals surface area contributed by atoms with Gasteiger partial charge in [0.2, 0.25) is 0 Å². The van der Waals surface area contributed by atoms with Crippen molar-refractivity contribution in [2.24, 2.45) is 28.8 Å². The van der Waals surface area contributed by atoms with E-state index >= 15 is 0 Å². The molecular weight excluding hydrogens is 740 g/mol.